The van der Waals surface area contributed by atoms with Crippen molar-refractivity contribution in [3.8, 4) is 0 Å². The molecule has 1 N–H and O–H groups in total. The summed E-state index contributed by atoms with van der Waals surface area (Å²) >= 11 is 12.8. The van der Waals surface area contributed by atoms with Gasteiger partial charge in [-0.25, -0.2) is 8.78 Å². The Morgan fingerprint density at radius 1 is 1.14 bits per heavy atom. The molecule has 3 rings (SSSR count). The molecular formula is C15H7Cl2F2NOS. The van der Waals surface area contributed by atoms with Crippen LogP contribution in [0.15, 0.2) is 36.4 Å². The first-order valence-corrected chi connectivity index (χ1v) is 7.67. The van der Waals surface area contributed by atoms with Gasteiger partial charge in [-0.3, -0.25) is 4.79 Å². The van der Waals surface area contributed by atoms with E-state index >= 15 is 0 Å². The van der Waals surface area contributed by atoms with E-state index in [-0.39, 0.29) is 20.6 Å². The van der Waals surface area contributed by atoms with E-state index in [2.05, 4.69) is 5.32 Å². The van der Waals surface area contributed by atoms with Gasteiger partial charge < -0.3 is 5.32 Å². The van der Waals surface area contributed by atoms with E-state index in [0.29, 0.717) is 10.1 Å². The van der Waals surface area contributed by atoms with E-state index in [1.165, 1.54) is 36.4 Å². The number of carbonyl (C=O) groups excluding carboxylic acids is 1. The summed E-state index contributed by atoms with van der Waals surface area (Å²) in [6, 6.07) is 8.34. The van der Waals surface area contributed by atoms with Gasteiger partial charge in [0.15, 0.2) is 5.82 Å². The van der Waals surface area contributed by atoms with Gasteiger partial charge in [-0.2, -0.15) is 0 Å². The van der Waals surface area contributed by atoms with Crippen LogP contribution in [0.2, 0.25) is 10.0 Å². The normalized spacial score (nSPS) is 10.9. The van der Waals surface area contributed by atoms with Crippen molar-refractivity contribution in [1.29, 1.82) is 0 Å². The quantitative estimate of drug-likeness (QED) is 0.622. The Bertz CT molecular complexity index is 895. The first-order chi connectivity index (χ1) is 10.5. The molecule has 0 atom stereocenters. The third kappa shape index (κ3) is 2.67. The number of halogens is 4. The Balaban J connectivity index is 1.99. The molecule has 2 aromatic carbocycles. The lowest BCUT2D eigenvalue weighted by Crippen LogP contribution is -2.12. The zero-order valence-electron chi connectivity index (χ0n) is 10.8. The third-order valence-electron chi connectivity index (χ3n) is 3.00. The highest BCUT2D eigenvalue weighted by Crippen LogP contribution is 2.36. The summed E-state index contributed by atoms with van der Waals surface area (Å²) in [4.78, 5) is 12.4. The molecule has 0 spiro atoms. The fraction of sp³-hybridized carbons (Fsp3) is 0. The monoisotopic (exact) mass is 357 g/mol. The predicted octanol–water partition coefficient (Wildman–Crippen LogP) is 5.74. The number of thiophene rings is 1. The van der Waals surface area contributed by atoms with E-state index < -0.39 is 17.5 Å². The molecule has 0 saturated heterocycles. The van der Waals surface area contributed by atoms with Crippen LogP contribution < -0.4 is 5.32 Å². The second-order valence-corrected chi connectivity index (χ2v) is 6.28. The van der Waals surface area contributed by atoms with E-state index in [9.17, 15) is 13.6 Å². The fourth-order valence-corrected chi connectivity index (χ4v) is 3.58. The predicted molar refractivity (Wildman–Crippen MR) is 86.2 cm³/mol. The molecule has 0 unspecified atom stereocenters. The largest absolute Gasteiger partial charge is 0.319 e. The number of nitrogens with one attached hydrogen (secondary N) is 1. The van der Waals surface area contributed by atoms with Crippen LogP contribution in [-0.4, -0.2) is 5.91 Å². The number of benzene rings is 2. The van der Waals surface area contributed by atoms with Crippen LogP contribution in [0.4, 0.5) is 14.5 Å². The topological polar surface area (TPSA) is 29.1 Å². The van der Waals surface area contributed by atoms with Gasteiger partial charge in [0.05, 0.1) is 15.7 Å². The molecule has 0 aliphatic rings. The molecule has 0 bridgehead atoms. The van der Waals surface area contributed by atoms with Gasteiger partial charge in [-0.15, -0.1) is 11.3 Å². The number of amides is 1. The van der Waals surface area contributed by atoms with Crippen LogP contribution in [0, 0.1) is 11.6 Å². The molecule has 112 valence electrons. The fourth-order valence-electron chi connectivity index (χ4n) is 1.96. The Kier molecular flexibility index (Phi) is 4.04. The number of hydrogen-bond acceptors (Lipinski definition) is 2. The van der Waals surface area contributed by atoms with Crippen molar-refractivity contribution in [3.05, 3.63) is 63.0 Å². The minimum atomic E-state index is -0.721. The summed E-state index contributed by atoms with van der Waals surface area (Å²) < 4.78 is 27.6. The zero-order valence-corrected chi connectivity index (χ0v) is 13.1. The summed E-state index contributed by atoms with van der Waals surface area (Å²) in [5.41, 5.74) is -0.0443. The Morgan fingerprint density at radius 3 is 2.68 bits per heavy atom. The maximum absolute atomic E-state index is 13.8. The molecule has 0 radical (unpaired) electrons. The summed E-state index contributed by atoms with van der Waals surface area (Å²) in [5.74, 6) is -1.72. The molecule has 0 aliphatic carbocycles. The maximum atomic E-state index is 13.8. The molecule has 22 heavy (non-hydrogen) atoms. The second-order valence-electron chi connectivity index (χ2n) is 4.44. The van der Waals surface area contributed by atoms with Crippen LogP contribution in [0.3, 0.4) is 0 Å². The van der Waals surface area contributed by atoms with Gasteiger partial charge in [0.1, 0.15) is 10.7 Å². The highest BCUT2D eigenvalue weighted by Gasteiger charge is 2.19. The van der Waals surface area contributed by atoms with Crippen LogP contribution in [-0.2, 0) is 0 Å². The average molecular weight is 358 g/mol. The highest BCUT2D eigenvalue weighted by molar-refractivity contribution is 7.21. The van der Waals surface area contributed by atoms with Crippen molar-refractivity contribution in [2.75, 3.05) is 5.32 Å². The molecule has 1 heterocycles. The molecule has 2 nitrogen and oxygen atoms in total. The van der Waals surface area contributed by atoms with E-state index in [1.54, 1.807) is 0 Å². The SMILES string of the molecule is O=C(Nc1cccc(Cl)c1F)c1sc2cc(F)ccc2c1Cl. The number of fused-ring (bicyclic) bond motifs is 1. The number of rotatable bonds is 2. The Hall–Kier alpha value is -1.69. The molecular weight excluding hydrogens is 351 g/mol. The first kappa shape index (κ1) is 15.2. The summed E-state index contributed by atoms with van der Waals surface area (Å²) in [5, 5.41) is 3.10. The standard InChI is InChI=1S/C15H7Cl2F2NOS/c16-9-2-1-3-10(13(9)19)20-15(21)14-12(17)8-5-4-7(18)6-11(8)22-14/h1-6H,(H,20,21). The van der Waals surface area contributed by atoms with Gasteiger partial charge in [0.25, 0.3) is 5.91 Å². The lowest BCUT2D eigenvalue weighted by atomic mass is 10.2. The lowest BCUT2D eigenvalue weighted by Gasteiger charge is -2.06. The number of hydrogen-bond donors (Lipinski definition) is 1. The van der Waals surface area contributed by atoms with Crippen molar-refractivity contribution in [1.82, 2.24) is 0 Å². The molecule has 0 fully saturated rings. The van der Waals surface area contributed by atoms with Crippen molar-refractivity contribution in [2.45, 2.75) is 0 Å². The summed E-state index contributed by atoms with van der Waals surface area (Å²) in [7, 11) is 0. The lowest BCUT2D eigenvalue weighted by molar-refractivity contribution is 0.103. The molecule has 7 heteroatoms. The van der Waals surface area contributed by atoms with Gasteiger partial charge in [0, 0.05) is 10.1 Å². The Labute approximate surface area is 138 Å². The van der Waals surface area contributed by atoms with Crippen LogP contribution in [0.5, 0.6) is 0 Å². The summed E-state index contributed by atoms with van der Waals surface area (Å²) in [6.45, 7) is 0. The van der Waals surface area contributed by atoms with Crippen molar-refractivity contribution in [3.63, 3.8) is 0 Å². The molecule has 3 aromatic rings. The number of carbonyl (C=O) groups is 1. The van der Waals surface area contributed by atoms with Crippen LogP contribution in [0.1, 0.15) is 9.67 Å². The zero-order chi connectivity index (χ0) is 15.9. The minimum Gasteiger partial charge on any atom is -0.319 e. The van der Waals surface area contributed by atoms with Gasteiger partial charge in [0.2, 0.25) is 0 Å². The van der Waals surface area contributed by atoms with Gasteiger partial charge in [-0.1, -0.05) is 29.3 Å². The van der Waals surface area contributed by atoms with Crippen molar-refractivity contribution in [2.24, 2.45) is 0 Å². The van der Waals surface area contributed by atoms with Crippen LogP contribution in [0.25, 0.3) is 10.1 Å². The van der Waals surface area contributed by atoms with E-state index in [4.69, 9.17) is 23.2 Å². The van der Waals surface area contributed by atoms with Crippen molar-refractivity contribution < 1.29 is 13.6 Å². The smallest absolute Gasteiger partial charge is 0.267 e. The first-order valence-electron chi connectivity index (χ1n) is 6.10. The van der Waals surface area contributed by atoms with E-state index in [0.717, 1.165) is 11.3 Å². The second kappa shape index (κ2) is 5.83. The van der Waals surface area contributed by atoms with Crippen molar-refractivity contribution >= 4 is 56.2 Å². The number of anilines is 1. The van der Waals surface area contributed by atoms with E-state index in [1.807, 2.05) is 0 Å². The molecule has 0 aliphatic heterocycles. The van der Waals surface area contributed by atoms with Gasteiger partial charge in [-0.05, 0) is 30.3 Å². The minimum absolute atomic E-state index is 0.0443. The Morgan fingerprint density at radius 2 is 1.91 bits per heavy atom. The molecule has 1 aromatic heterocycles. The maximum Gasteiger partial charge on any atom is 0.267 e. The molecule has 0 saturated carbocycles. The van der Waals surface area contributed by atoms with Gasteiger partial charge >= 0.3 is 0 Å². The highest BCUT2D eigenvalue weighted by atomic mass is 35.5. The molecule has 1 amide bonds. The van der Waals surface area contributed by atoms with Crippen LogP contribution >= 0.6 is 34.5 Å². The average Bonchev–Trinajstić information content (AvgIpc) is 2.80. The summed E-state index contributed by atoms with van der Waals surface area (Å²) in [6.07, 6.45) is 0. The third-order valence-corrected chi connectivity index (χ3v) is 4.95.